The Kier molecular flexibility index (Phi) is 7.04. The first kappa shape index (κ1) is 22.9. The van der Waals surface area contributed by atoms with Gasteiger partial charge in [0.2, 0.25) is 0 Å². The Morgan fingerprint density at radius 1 is 1.24 bits per heavy atom. The summed E-state index contributed by atoms with van der Waals surface area (Å²) >= 11 is 0. The average Bonchev–Trinajstić information content (AvgIpc) is 2.80. The first-order valence-electron chi connectivity index (χ1n) is 11.4. The van der Waals surface area contributed by atoms with Gasteiger partial charge in [0.05, 0.1) is 24.0 Å². The molecule has 33 heavy (non-hydrogen) atoms. The van der Waals surface area contributed by atoms with Crippen molar-refractivity contribution in [3.8, 4) is 0 Å². The highest BCUT2D eigenvalue weighted by Crippen LogP contribution is 2.32. The Hall–Kier alpha value is -3.25. The van der Waals surface area contributed by atoms with Crippen LogP contribution in [0.3, 0.4) is 0 Å². The summed E-state index contributed by atoms with van der Waals surface area (Å²) in [7, 11) is 0. The molecule has 2 aromatic carbocycles. The molecule has 4 rings (SSSR count). The zero-order valence-electron chi connectivity index (χ0n) is 19.0. The number of carboxylic acid groups (broad SMARTS) is 1. The second-order valence-electron chi connectivity index (χ2n) is 8.95. The molecule has 1 aliphatic heterocycles. The highest BCUT2D eigenvalue weighted by molar-refractivity contribution is 5.70. The maximum atomic E-state index is 13.6. The lowest BCUT2D eigenvalue weighted by Crippen LogP contribution is -2.38. The van der Waals surface area contributed by atoms with Gasteiger partial charge < -0.3 is 15.7 Å². The summed E-state index contributed by atoms with van der Waals surface area (Å²) in [5.74, 6) is -0.685. The van der Waals surface area contributed by atoms with E-state index in [9.17, 15) is 9.18 Å². The van der Waals surface area contributed by atoms with Gasteiger partial charge in [-0.2, -0.15) is 0 Å². The Bertz CT molecular complexity index is 1120. The summed E-state index contributed by atoms with van der Waals surface area (Å²) in [6, 6.07) is 17.9. The highest BCUT2D eigenvalue weighted by atomic mass is 19.1. The summed E-state index contributed by atoms with van der Waals surface area (Å²) in [6.45, 7) is 5.71. The van der Waals surface area contributed by atoms with E-state index in [1.165, 1.54) is 17.8 Å². The minimum atomic E-state index is -0.821. The summed E-state index contributed by atoms with van der Waals surface area (Å²) in [6.07, 6.45) is 2.07. The number of rotatable bonds is 8. The molecule has 5 nitrogen and oxygen atoms in total. The first-order chi connectivity index (χ1) is 15.9. The Balaban J connectivity index is 1.52. The molecule has 3 atom stereocenters. The maximum absolute atomic E-state index is 13.6. The van der Waals surface area contributed by atoms with E-state index < -0.39 is 5.97 Å². The van der Waals surface area contributed by atoms with E-state index in [-0.39, 0.29) is 30.1 Å². The van der Waals surface area contributed by atoms with Crippen molar-refractivity contribution < 1.29 is 14.3 Å². The van der Waals surface area contributed by atoms with Gasteiger partial charge in [0.1, 0.15) is 5.82 Å². The number of benzene rings is 2. The number of fused-ring (bicyclic) bond motifs is 1. The summed E-state index contributed by atoms with van der Waals surface area (Å²) in [5.41, 5.74) is 6.02. The second-order valence-corrected chi connectivity index (χ2v) is 8.95. The molecular weight excluding hydrogens is 417 g/mol. The number of pyridine rings is 1. The van der Waals surface area contributed by atoms with Crippen LogP contribution in [0.4, 0.5) is 10.1 Å². The molecule has 0 radical (unpaired) electrons. The van der Waals surface area contributed by atoms with E-state index in [1.54, 1.807) is 0 Å². The van der Waals surface area contributed by atoms with Crippen LogP contribution < -0.4 is 10.6 Å². The van der Waals surface area contributed by atoms with Crippen LogP contribution in [0.5, 0.6) is 0 Å². The van der Waals surface area contributed by atoms with Crippen LogP contribution in [0.2, 0.25) is 0 Å². The van der Waals surface area contributed by atoms with Crippen LogP contribution in [-0.4, -0.2) is 29.1 Å². The third-order valence-electron chi connectivity index (χ3n) is 6.45. The molecule has 0 fully saturated rings. The minimum Gasteiger partial charge on any atom is -0.481 e. The lowest BCUT2D eigenvalue weighted by atomic mass is 9.85. The van der Waals surface area contributed by atoms with Gasteiger partial charge in [-0.3, -0.25) is 9.78 Å². The molecule has 0 aliphatic carbocycles. The van der Waals surface area contributed by atoms with E-state index in [1.807, 2.05) is 36.4 Å². The van der Waals surface area contributed by atoms with Crippen LogP contribution in [-0.2, 0) is 17.6 Å². The Morgan fingerprint density at radius 2 is 2.03 bits per heavy atom. The van der Waals surface area contributed by atoms with E-state index in [2.05, 4.69) is 41.6 Å². The van der Waals surface area contributed by atoms with E-state index in [0.29, 0.717) is 0 Å². The van der Waals surface area contributed by atoms with Crippen LogP contribution in [0.15, 0.2) is 60.8 Å². The van der Waals surface area contributed by atoms with E-state index in [0.717, 1.165) is 47.6 Å². The van der Waals surface area contributed by atoms with Crippen molar-refractivity contribution in [1.82, 2.24) is 10.3 Å². The fourth-order valence-corrected chi connectivity index (χ4v) is 4.72. The predicted octanol–water partition coefficient (Wildman–Crippen LogP) is 4.88. The number of carboxylic acids is 1. The number of anilines is 1. The molecule has 1 aliphatic rings. The van der Waals surface area contributed by atoms with Crippen LogP contribution >= 0.6 is 0 Å². The largest absolute Gasteiger partial charge is 0.481 e. The molecule has 2 heterocycles. The first-order valence-corrected chi connectivity index (χ1v) is 11.4. The molecule has 1 aromatic heterocycles. The van der Waals surface area contributed by atoms with Crippen LogP contribution in [0.1, 0.15) is 46.8 Å². The van der Waals surface area contributed by atoms with Crippen molar-refractivity contribution in [3.05, 3.63) is 94.6 Å². The Morgan fingerprint density at radius 3 is 2.79 bits per heavy atom. The molecule has 3 N–H and O–H groups in total. The van der Waals surface area contributed by atoms with Crippen molar-refractivity contribution in [2.24, 2.45) is 5.92 Å². The summed E-state index contributed by atoms with van der Waals surface area (Å²) in [4.78, 5) is 15.5. The highest BCUT2D eigenvalue weighted by Gasteiger charge is 2.28. The number of aliphatic carboxylic acids is 1. The molecule has 0 saturated heterocycles. The number of aryl methyl sites for hydroxylation is 1. The fourth-order valence-electron chi connectivity index (χ4n) is 4.72. The van der Waals surface area contributed by atoms with E-state index >= 15 is 0 Å². The van der Waals surface area contributed by atoms with Gasteiger partial charge in [0.25, 0.3) is 0 Å². The third kappa shape index (κ3) is 5.57. The smallest absolute Gasteiger partial charge is 0.307 e. The van der Waals surface area contributed by atoms with Crippen LogP contribution in [0.25, 0.3) is 0 Å². The fraction of sp³-hybridized carbons (Fsp3) is 0.333. The van der Waals surface area contributed by atoms with Crippen LogP contribution in [0, 0.1) is 18.7 Å². The number of hydrogen-bond acceptors (Lipinski definition) is 4. The van der Waals surface area contributed by atoms with Gasteiger partial charge in [-0.25, -0.2) is 4.39 Å². The molecule has 0 bridgehead atoms. The zero-order valence-corrected chi connectivity index (χ0v) is 19.0. The van der Waals surface area contributed by atoms with E-state index in [4.69, 9.17) is 5.11 Å². The molecule has 0 amide bonds. The number of carbonyl (C=O) groups is 1. The standard InChI is InChI=1S/C27H30FN3O2/c1-17-8-9-19(11-26(32)33)10-23(17)18(2)14-31-27(20-6-4-3-5-7-20)21-12-24-25(29-15-21)13-22(28)16-30-24/h3-10,13,16,18,21,27,29,31H,11-12,14-15H2,1-2H3,(H,32,33)/t18-,21+,27+/m0/s1. The van der Waals surface area contributed by atoms with Crippen molar-refractivity contribution in [1.29, 1.82) is 0 Å². The number of hydrogen-bond donors (Lipinski definition) is 3. The van der Waals surface area contributed by atoms with Gasteiger partial charge in [-0.05, 0) is 41.5 Å². The minimum absolute atomic E-state index is 0.0286. The van der Waals surface area contributed by atoms with Gasteiger partial charge in [-0.1, -0.05) is 55.5 Å². The van der Waals surface area contributed by atoms with Crippen molar-refractivity contribution in [3.63, 3.8) is 0 Å². The monoisotopic (exact) mass is 447 g/mol. The molecule has 172 valence electrons. The maximum Gasteiger partial charge on any atom is 0.307 e. The SMILES string of the molecule is Cc1ccc(CC(=O)O)cc1[C@@H](C)CN[C@H](c1ccccc1)[C@H]1CNc2cc(F)cnc2C1. The topological polar surface area (TPSA) is 74.2 Å². The van der Waals surface area contributed by atoms with Crippen molar-refractivity contribution in [2.45, 2.75) is 38.6 Å². The Labute approximate surface area is 194 Å². The van der Waals surface area contributed by atoms with Crippen molar-refractivity contribution in [2.75, 3.05) is 18.4 Å². The molecule has 0 unspecified atom stereocenters. The lowest BCUT2D eigenvalue weighted by Gasteiger charge is -2.34. The quantitative estimate of drug-likeness (QED) is 0.459. The second kappa shape index (κ2) is 10.1. The summed E-state index contributed by atoms with van der Waals surface area (Å²) < 4.78 is 13.6. The normalized spacial score (nSPS) is 17.0. The predicted molar refractivity (Wildman–Crippen MR) is 128 cm³/mol. The molecule has 6 heteroatoms. The number of nitrogens with one attached hydrogen (secondary N) is 2. The molecule has 0 spiro atoms. The average molecular weight is 448 g/mol. The third-order valence-corrected chi connectivity index (χ3v) is 6.45. The molecular formula is C27H30FN3O2. The molecule has 3 aromatic rings. The lowest BCUT2D eigenvalue weighted by molar-refractivity contribution is -0.136. The van der Waals surface area contributed by atoms with Gasteiger partial charge in [0, 0.05) is 31.1 Å². The number of aromatic nitrogens is 1. The van der Waals surface area contributed by atoms with Gasteiger partial charge in [0.15, 0.2) is 0 Å². The number of nitrogens with zero attached hydrogens (tertiary/aromatic N) is 1. The molecule has 0 saturated carbocycles. The van der Waals surface area contributed by atoms with Crippen molar-refractivity contribution >= 4 is 11.7 Å². The summed E-state index contributed by atoms with van der Waals surface area (Å²) in [5, 5.41) is 16.3. The number of halogens is 1. The van der Waals surface area contributed by atoms with Gasteiger partial charge in [-0.15, -0.1) is 0 Å². The van der Waals surface area contributed by atoms with Gasteiger partial charge >= 0.3 is 5.97 Å². The zero-order chi connectivity index (χ0) is 23.4.